The quantitative estimate of drug-likeness (QED) is 0.570. The Hall–Kier alpha value is -1.13. The van der Waals surface area contributed by atoms with Gasteiger partial charge in [0.05, 0.1) is 6.61 Å². The van der Waals surface area contributed by atoms with Crippen LogP contribution in [0.25, 0.3) is 0 Å². The number of aliphatic hydroxyl groups is 1. The van der Waals surface area contributed by atoms with Crippen LogP contribution in [0.2, 0.25) is 0 Å². The Balaban J connectivity index is 2.40. The van der Waals surface area contributed by atoms with Gasteiger partial charge in [-0.15, -0.1) is 5.92 Å². The minimum atomic E-state index is -1.34. The van der Waals surface area contributed by atoms with Crippen LogP contribution >= 0.6 is 0 Å². The SMILES string of the molecule is CC#CC1(OC(C)=O)C(CO)OC2OC(C)(C)OC21. The fourth-order valence-electron chi connectivity index (χ4n) is 2.48. The third-order valence-electron chi connectivity index (χ3n) is 3.06. The second-order valence-corrected chi connectivity index (χ2v) is 4.99. The molecule has 6 nitrogen and oxygen atoms in total. The van der Waals surface area contributed by atoms with Crippen LogP contribution in [0.1, 0.15) is 27.7 Å². The molecule has 1 N–H and O–H groups in total. The molecule has 0 aliphatic carbocycles. The molecule has 0 spiro atoms. The first-order valence-corrected chi connectivity index (χ1v) is 6.10. The number of carbonyl (C=O) groups excluding carboxylic acids is 1. The van der Waals surface area contributed by atoms with E-state index in [4.69, 9.17) is 18.9 Å². The normalized spacial score (nSPS) is 39.3. The molecule has 2 saturated heterocycles. The lowest BCUT2D eigenvalue weighted by atomic mass is 9.92. The first kappa shape index (κ1) is 14.3. The molecule has 2 heterocycles. The second kappa shape index (κ2) is 4.76. The summed E-state index contributed by atoms with van der Waals surface area (Å²) in [6.45, 7) is 6.03. The van der Waals surface area contributed by atoms with Crippen molar-refractivity contribution in [2.75, 3.05) is 6.61 Å². The molecule has 0 aromatic carbocycles. The minimum absolute atomic E-state index is 0.345. The average molecular weight is 270 g/mol. The number of fused-ring (bicyclic) bond motifs is 1. The molecular weight excluding hydrogens is 252 g/mol. The number of hydrogen-bond acceptors (Lipinski definition) is 6. The highest BCUT2D eigenvalue weighted by Gasteiger charge is 2.65. The lowest BCUT2D eigenvalue weighted by Gasteiger charge is -2.32. The fourth-order valence-corrected chi connectivity index (χ4v) is 2.48. The summed E-state index contributed by atoms with van der Waals surface area (Å²) < 4.78 is 22.2. The molecule has 0 bridgehead atoms. The first-order chi connectivity index (χ1) is 8.84. The van der Waals surface area contributed by atoms with Crippen LogP contribution in [0.3, 0.4) is 0 Å². The highest BCUT2D eigenvalue weighted by molar-refractivity contribution is 5.67. The number of esters is 1. The molecule has 6 heteroatoms. The summed E-state index contributed by atoms with van der Waals surface area (Å²) in [4.78, 5) is 11.4. The van der Waals surface area contributed by atoms with Gasteiger partial charge in [-0.1, -0.05) is 0 Å². The zero-order valence-corrected chi connectivity index (χ0v) is 11.4. The van der Waals surface area contributed by atoms with E-state index in [0.717, 1.165) is 0 Å². The number of ether oxygens (including phenoxy) is 4. The van der Waals surface area contributed by atoms with E-state index in [1.807, 2.05) is 0 Å². The third kappa shape index (κ3) is 2.35. The summed E-state index contributed by atoms with van der Waals surface area (Å²) in [6.07, 6.45) is -2.20. The summed E-state index contributed by atoms with van der Waals surface area (Å²) in [7, 11) is 0. The average Bonchev–Trinajstić information content (AvgIpc) is 2.71. The summed E-state index contributed by atoms with van der Waals surface area (Å²) in [6, 6.07) is 0. The smallest absolute Gasteiger partial charge is 0.304 e. The summed E-state index contributed by atoms with van der Waals surface area (Å²) in [5.41, 5.74) is -1.34. The molecule has 0 saturated carbocycles. The maximum Gasteiger partial charge on any atom is 0.304 e. The van der Waals surface area contributed by atoms with Gasteiger partial charge in [0.2, 0.25) is 5.60 Å². The molecule has 106 valence electrons. The van der Waals surface area contributed by atoms with Crippen molar-refractivity contribution in [3.05, 3.63) is 0 Å². The predicted octanol–water partition coefficient (Wildman–Crippen LogP) is 0.180. The summed E-state index contributed by atoms with van der Waals surface area (Å²) >= 11 is 0. The maximum atomic E-state index is 11.4. The van der Waals surface area contributed by atoms with Crippen molar-refractivity contribution in [2.24, 2.45) is 0 Å². The lowest BCUT2D eigenvalue weighted by molar-refractivity contribution is -0.230. The van der Waals surface area contributed by atoms with Gasteiger partial charge in [-0.05, 0) is 26.7 Å². The Morgan fingerprint density at radius 2 is 2.11 bits per heavy atom. The number of aliphatic hydroxyl groups excluding tert-OH is 1. The number of rotatable bonds is 2. The minimum Gasteiger partial charge on any atom is -0.440 e. The van der Waals surface area contributed by atoms with Crippen LogP contribution in [-0.4, -0.2) is 47.6 Å². The molecule has 0 amide bonds. The largest absolute Gasteiger partial charge is 0.440 e. The van der Waals surface area contributed by atoms with Crippen LogP contribution in [-0.2, 0) is 23.7 Å². The van der Waals surface area contributed by atoms with Crippen LogP contribution in [0.15, 0.2) is 0 Å². The zero-order chi connectivity index (χ0) is 14.3. The Morgan fingerprint density at radius 1 is 1.42 bits per heavy atom. The second-order valence-electron chi connectivity index (χ2n) is 4.99. The molecule has 0 aromatic heterocycles. The lowest BCUT2D eigenvalue weighted by Crippen LogP contribution is -2.52. The first-order valence-electron chi connectivity index (χ1n) is 6.10. The molecule has 0 radical (unpaired) electrons. The van der Waals surface area contributed by atoms with Gasteiger partial charge in [-0.25, -0.2) is 0 Å². The van der Waals surface area contributed by atoms with Crippen LogP contribution in [0.4, 0.5) is 0 Å². The van der Waals surface area contributed by atoms with E-state index in [1.54, 1.807) is 20.8 Å². The van der Waals surface area contributed by atoms with Crippen molar-refractivity contribution < 1.29 is 28.8 Å². The number of hydrogen-bond donors (Lipinski definition) is 1. The van der Waals surface area contributed by atoms with Gasteiger partial charge in [0, 0.05) is 6.92 Å². The molecular formula is C13H18O6. The molecule has 4 unspecified atom stereocenters. The fraction of sp³-hybridized carbons (Fsp3) is 0.769. The van der Waals surface area contributed by atoms with E-state index >= 15 is 0 Å². The van der Waals surface area contributed by atoms with E-state index < -0.39 is 35.9 Å². The maximum absolute atomic E-state index is 11.4. The van der Waals surface area contributed by atoms with Gasteiger partial charge in [0.15, 0.2) is 18.2 Å². The van der Waals surface area contributed by atoms with Gasteiger partial charge in [0.25, 0.3) is 0 Å². The van der Waals surface area contributed by atoms with E-state index in [9.17, 15) is 9.90 Å². The monoisotopic (exact) mass is 270 g/mol. The molecule has 0 aromatic rings. The Morgan fingerprint density at radius 3 is 2.63 bits per heavy atom. The molecule has 2 aliphatic heterocycles. The summed E-state index contributed by atoms with van der Waals surface area (Å²) in [5.74, 6) is 4.16. The molecule has 4 atom stereocenters. The third-order valence-corrected chi connectivity index (χ3v) is 3.06. The molecule has 19 heavy (non-hydrogen) atoms. The van der Waals surface area contributed by atoms with Gasteiger partial charge in [-0.3, -0.25) is 4.79 Å². The Bertz CT molecular complexity index is 434. The van der Waals surface area contributed by atoms with Crippen molar-refractivity contribution in [3.63, 3.8) is 0 Å². The predicted molar refractivity (Wildman–Crippen MR) is 63.7 cm³/mol. The van der Waals surface area contributed by atoms with Gasteiger partial charge in [-0.2, -0.15) is 0 Å². The Kier molecular flexibility index (Phi) is 3.58. The Labute approximate surface area is 112 Å². The highest BCUT2D eigenvalue weighted by Crippen LogP contribution is 2.44. The van der Waals surface area contributed by atoms with E-state index in [-0.39, 0.29) is 6.61 Å². The van der Waals surface area contributed by atoms with Crippen LogP contribution in [0.5, 0.6) is 0 Å². The van der Waals surface area contributed by atoms with E-state index in [1.165, 1.54) is 6.92 Å². The van der Waals surface area contributed by atoms with E-state index in [0.29, 0.717) is 0 Å². The van der Waals surface area contributed by atoms with Gasteiger partial charge < -0.3 is 24.1 Å². The zero-order valence-electron chi connectivity index (χ0n) is 11.4. The molecule has 2 fully saturated rings. The number of carbonyl (C=O) groups is 1. The van der Waals surface area contributed by atoms with Crippen LogP contribution in [0, 0.1) is 11.8 Å². The highest BCUT2D eigenvalue weighted by atomic mass is 16.8. The molecule has 2 rings (SSSR count). The van der Waals surface area contributed by atoms with Crippen molar-refractivity contribution >= 4 is 5.97 Å². The van der Waals surface area contributed by atoms with Crippen molar-refractivity contribution in [3.8, 4) is 11.8 Å². The molecule has 2 aliphatic rings. The van der Waals surface area contributed by atoms with Crippen molar-refractivity contribution in [2.45, 2.75) is 57.6 Å². The van der Waals surface area contributed by atoms with E-state index in [2.05, 4.69) is 11.8 Å². The topological polar surface area (TPSA) is 74.2 Å². The standard InChI is InChI=1S/C13H18O6/c1-5-6-13(17-8(2)15)9(7-14)16-11-10(13)18-12(3,4)19-11/h9-11,14H,7H2,1-4H3. The summed E-state index contributed by atoms with van der Waals surface area (Å²) in [5, 5.41) is 9.43. The van der Waals surface area contributed by atoms with Crippen molar-refractivity contribution in [1.82, 2.24) is 0 Å². The van der Waals surface area contributed by atoms with Gasteiger partial charge in [0.1, 0.15) is 6.10 Å². The van der Waals surface area contributed by atoms with Crippen LogP contribution < -0.4 is 0 Å². The van der Waals surface area contributed by atoms with Gasteiger partial charge >= 0.3 is 5.97 Å². The van der Waals surface area contributed by atoms with Crippen molar-refractivity contribution in [1.29, 1.82) is 0 Å².